The van der Waals surface area contributed by atoms with Crippen LogP contribution in [0.2, 0.25) is 0 Å². The van der Waals surface area contributed by atoms with Gasteiger partial charge in [-0.15, -0.1) is 0 Å². The SMILES string of the molecule is CC(C)CCC[C@@H](C)[C@H]1CC[C@H]2[C@@H]3CCC4C[C@@H](O)CC[C@]4(C)C3=CC[C@]12C. The Hall–Kier alpha value is -0.300. The predicted molar refractivity (Wildman–Crippen MR) is 119 cm³/mol. The summed E-state index contributed by atoms with van der Waals surface area (Å²) in [6.45, 7) is 12.5. The molecule has 0 saturated heterocycles. The van der Waals surface area contributed by atoms with Crippen LogP contribution in [0.4, 0.5) is 0 Å². The van der Waals surface area contributed by atoms with Crippen LogP contribution < -0.4 is 0 Å². The first kappa shape index (κ1) is 21.0. The highest BCUT2D eigenvalue weighted by atomic mass is 16.3. The van der Waals surface area contributed by atoms with Gasteiger partial charge in [-0.05, 0) is 97.7 Å². The van der Waals surface area contributed by atoms with Crippen molar-refractivity contribution >= 4 is 0 Å². The second-order valence-electron chi connectivity index (χ2n) is 12.2. The van der Waals surface area contributed by atoms with Gasteiger partial charge in [-0.3, -0.25) is 0 Å². The lowest BCUT2D eigenvalue weighted by atomic mass is 9.48. The van der Waals surface area contributed by atoms with E-state index in [2.05, 4.69) is 40.7 Å². The Morgan fingerprint density at radius 3 is 2.57 bits per heavy atom. The molecule has 3 saturated carbocycles. The van der Waals surface area contributed by atoms with Crippen molar-refractivity contribution in [2.45, 2.75) is 111 Å². The van der Waals surface area contributed by atoms with Crippen molar-refractivity contribution in [2.75, 3.05) is 0 Å². The molecule has 0 aromatic rings. The molecule has 1 nitrogen and oxygen atoms in total. The Balaban J connectivity index is 1.51. The van der Waals surface area contributed by atoms with Gasteiger partial charge in [0.25, 0.3) is 0 Å². The minimum Gasteiger partial charge on any atom is -0.393 e. The average Bonchev–Trinajstić information content (AvgIpc) is 2.99. The van der Waals surface area contributed by atoms with E-state index < -0.39 is 0 Å². The quantitative estimate of drug-likeness (QED) is 0.488. The van der Waals surface area contributed by atoms with Gasteiger partial charge in [0.15, 0.2) is 0 Å². The minimum absolute atomic E-state index is 0.0355. The number of rotatable bonds is 5. The Bertz CT molecular complexity index is 591. The molecule has 28 heavy (non-hydrogen) atoms. The molecule has 1 heteroatoms. The highest BCUT2D eigenvalue weighted by Crippen LogP contribution is 2.66. The van der Waals surface area contributed by atoms with Gasteiger partial charge in [-0.25, -0.2) is 0 Å². The lowest BCUT2D eigenvalue weighted by Crippen LogP contribution is -2.48. The Kier molecular flexibility index (Phi) is 5.80. The van der Waals surface area contributed by atoms with Gasteiger partial charge >= 0.3 is 0 Å². The van der Waals surface area contributed by atoms with E-state index in [1.807, 2.05) is 5.57 Å². The molecule has 4 rings (SSSR count). The number of allylic oxidation sites excluding steroid dienone is 2. The van der Waals surface area contributed by atoms with Gasteiger partial charge in [-0.1, -0.05) is 65.5 Å². The molecule has 0 heterocycles. The summed E-state index contributed by atoms with van der Waals surface area (Å²) < 4.78 is 0. The van der Waals surface area contributed by atoms with Crippen LogP contribution in [0.5, 0.6) is 0 Å². The van der Waals surface area contributed by atoms with E-state index in [9.17, 15) is 5.11 Å². The molecule has 3 fully saturated rings. The predicted octanol–water partition coefficient (Wildman–Crippen LogP) is 7.39. The third-order valence-corrected chi connectivity index (χ3v) is 10.2. The maximum absolute atomic E-state index is 10.2. The van der Waals surface area contributed by atoms with Crippen molar-refractivity contribution < 1.29 is 5.11 Å². The van der Waals surface area contributed by atoms with E-state index in [1.54, 1.807) is 0 Å². The third kappa shape index (κ3) is 3.42. The maximum Gasteiger partial charge on any atom is 0.0543 e. The minimum atomic E-state index is -0.0355. The first-order valence-corrected chi connectivity index (χ1v) is 12.6. The zero-order valence-corrected chi connectivity index (χ0v) is 19.3. The summed E-state index contributed by atoms with van der Waals surface area (Å²) in [6.07, 6.45) is 17.3. The van der Waals surface area contributed by atoms with E-state index in [1.165, 1.54) is 57.8 Å². The summed E-state index contributed by atoms with van der Waals surface area (Å²) in [4.78, 5) is 0. The molecule has 0 aliphatic heterocycles. The van der Waals surface area contributed by atoms with Crippen LogP contribution in [0.1, 0.15) is 105 Å². The normalized spacial score (nSPS) is 46.5. The standard InChI is InChI=1S/C27H46O/c1-18(2)7-6-8-19(3)23-11-12-24-22-10-9-20-17-21(28)13-15-26(20,4)25(22)14-16-27(23,24)5/h14,18-24,28H,6-13,15-17H2,1-5H3/t19-,20?,21+,22+,23-,24+,26+,27-/m1/s1. The fourth-order valence-corrected chi connectivity index (χ4v) is 8.53. The fourth-order valence-electron chi connectivity index (χ4n) is 8.53. The van der Waals surface area contributed by atoms with Crippen LogP contribution >= 0.6 is 0 Å². The van der Waals surface area contributed by atoms with Gasteiger partial charge in [-0.2, -0.15) is 0 Å². The first-order chi connectivity index (χ1) is 13.3. The maximum atomic E-state index is 10.2. The van der Waals surface area contributed by atoms with Crippen molar-refractivity contribution in [1.82, 2.24) is 0 Å². The summed E-state index contributed by atoms with van der Waals surface area (Å²) in [5, 5.41) is 10.2. The van der Waals surface area contributed by atoms with Crippen LogP contribution in [-0.4, -0.2) is 11.2 Å². The molecule has 1 N–H and O–H groups in total. The van der Waals surface area contributed by atoms with Crippen molar-refractivity contribution in [3.05, 3.63) is 11.6 Å². The average molecular weight is 387 g/mol. The second-order valence-corrected chi connectivity index (χ2v) is 12.2. The zero-order valence-electron chi connectivity index (χ0n) is 19.3. The molecule has 0 spiro atoms. The third-order valence-electron chi connectivity index (χ3n) is 10.2. The summed E-state index contributed by atoms with van der Waals surface area (Å²) in [7, 11) is 0. The molecule has 1 unspecified atom stereocenters. The van der Waals surface area contributed by atoms with E-state index in [-0.39, 0.29) is 6.10 Å². The topological polar surface area (TPSA) is 20.2 Å². The molecular formula is C27H46O. The molecule has 4 aliphatic rings. The summed E-state index contributed by atoms with van der Waals surface area (Å²) in [6, 6.07) is 0. The molecule has 160 valence electrons. The van der Waals surface area contributed by atoms with Crippen LogP contribution in [-0.2, 0) is 0 Å². The molecule has 0 aromatic carbocycles. The van der Waals surface area contributed by atoms with Crippen molar-refractivity contribution in [1.29, 1.82) is 0 Å². The number of hydrogen-bond acceptors (Lipinski definition) is 1. The van der Waals surface area contributed by atoms with Gasteiger partial charge in [0.1, 0.15) is 0 Å². The van der Waals surface area contributed by atoms with Crippen LogP contribution in [0.15, 0.2) is 11.6 Å². The van der Waals surface area contributed by atoms with Crippen molar-refractivity contribution in [2.24, 2.45) is 46.3 Å². The van der Waals surface area contributed by atoms with E-state index >= 15 is 0 Å². The van der Waals surface area contributed by atoms with Gasteiger partial charge < -0.3 is 5.11 Å². The fraction of sp³-hybridized carbons (Fsp3) is 0.926. The van der Waals surface area contributed by atoms with Gasteiger partial charge in [0, 0.05) is 0 Å². The van der Waals surface area contributed by atoms with E-state index in [0.717, 1.165) is 48.3 Å². The van der Waals surface area contributed by atoms with Crippen LogP contribution in [0.25, 0.3) is 0 Å². The molecule has 0 radical (unpaired) electrons. The van der Waals surface area contributed by atoms with Crippen molar-refractivity contribution in [3.63, 3.8) is 0 Å². The lowest BCUT2D eigenvalue weighted by molar-refractivity contribution is -0.0158. The first-order valence-electron chi connectivity index (χ1n) is 12.6. The van der Waals surface area contributed by atoms with Crippen molar-refractivity contribution in [3.8, 4) is 0 Å². The lowest BCUT2D eigenvalue weighted by Gasteiger charge is -2.57. The highest BCUT2D eigenvalue weighted by molar-refractivity contribution is 5.29. The number of aliphatic hydroxyl groups excluding tert-OH is 1. The van der Waals surface area contributed by atoms with Gasteiger partial charge in [0.05, 0.1) is 6.10 Å². The summed E-state index contributed by atoms with van der Waals surface area (Å²) in [5.74, 6) is 5.18. The Morgan fingerprint density at radius 1 is 1.04 bits per heavy atom. The molecular weight excluding hydrogens is 340 g/mol. The number of aliphatic hydroxyl groups is 1. The second kappa shape index (κ2) is 7.75. The molecule has 8 atom stereocenters. The largest absolute Gasteiger partial charge is 0.393 e. The van der Waals surface area contributed by atoms with Gasteiger partial charge in [0.2, 0.25) is 0 Å². The number of fused-ring (bicyclic) bond motifs is 5. The summed E-state index contributed by atoms with van der Waals surface area (Å²) in [5.41, 5.74) is 2.78. The highest BCUT2D eigenvalue weighted by Gasteiger charge is 2.57. The monoisotopic (exact) mass is 386 g/mol. The Morgan fingerprint density at radius 2 is 1.82 bits per heavy atom. The van der Waals surface area contributed by atoms with E-state index in [4.69, 9.17) is 0 Å². The number of hydrogen-bond donors (Lipinski definition) is 1. The van der Waals surface area contributed by atoms with Crippen LogP contribution in [0.3, 0.4) is 0 Å². The molecule has 4 aliphatic carbocycles. The summed E-state index contributed by atoms with van der Waals surface area (Å²) >= 11 is 0. The zero-order chi connectivity index (χ0) is 20.1. The molecule has 0 aromatic heterocycles. The molecule has 0 amide bonds. The van der Waals surface area contributed by atoms with Crippen LogP contribution in [0, 0.1) is 46.3 Å². The Labute approximate surface area is 174 Å². The smallest absolute Gasteiger partial charge is 0.0543 e. The van der Waals surface area contributed by atoms with E-state index in [0.29, 0.717) is 10.8 Å². The molecule has 0 bridgehead atoms.